The molecule has 0 bridgehead atoms. The van der Waals surface area contributed by atoms with E-state index in [4.69, 9.17) is 23.2 Å². The third-order valence-corrected chi connectivity index (χ3v) is 2.59. The Morgan fingerprint density at radius 2 is 2.00 bits per heavy atom. The van der Waals surface area contributed by atoms with E-state index in [1.807, 2.05) is 6.92 Å². The highest BCUT2D eigenvalue weighted by Gasteiger charge is 2.15. The zero-order valence-electron chi connectivity index (χ0n) is 9.44. The third kappa shape index (κ3) is 3.72. The first-order chi connectivity index (χ1) is 8.45. The second kappa shape index (κ2) is 6.37. The van der Waals surface area contributed by atoms with Gasteiger partial charge in [-0.05, 0) is 12.5 Å². The molecular formula is C11H10Cl2N2O3. The number of nitrogens with zero attached hydrogens (tertiary/aromatic N) is 1. The van der Waals surface area contributed by atoms with E-state index in [1.165, 1.54) is 6.08 Å². The summed E-state index contributed by atoms with van der Waals surface area (Å²) in [6.07, 6.45) is 3.73. The first kappa shape index (κ1) is 14.5. The van der Waals surface area contributed by atoms with Gasteiger partial charge in [0.05, 0.1) is 20.7 Å². The van der Waals surface area contributed by atoms with Crippen molar-refractivity contribution < 1.29 is 9.72 Å². The Morgan fingerprint density at radius 1 is 1.44 bits per heavy atom. The van der Waals surface area contributed by atoms with Gasteiger partial charge in [-0.1, -0.05) is 36.2 Å². The Kier molecular flexibility index (Phi) is 5.12. The zero-order valence-corrected chi connectivity index (χ0v) is 11.0. The summed E-state index contributed by atoms with van der Waals surface area (Å²) in [4.78, 5) is 21.4. The van der Waals surface area contributed by atoms with Crippen molar-refractivity contribution in [1.82, 2.24) is 0 Å². The number of hydrogen-bond donors (Lipinski definition) is 1. The fourth-order valence-corrected chi connectivity index (χ4v) is 1.74. The van der Waals surface area contributed by atoms with E-state index in [1.54, 1.807) is 6.08 Å². The minimum absolute atomic E-state index is 0.0208. The minimum Gasteiger partial charge on any atom is -0.320 e. The molecule has 0 aliphatic carbocycles. The molecule has 1 aromatic carbocycles. The number of rotatable bonds is 4. The van der Waals surface area contributed by atoms with E-state index in [-0.39, 0.29) is 21.4 Å². The lowest BCUT2D eigenvalue weighted by atomic mass is 10.2. The maximum Gasteiger partial charge on any atom is 0.272 e. The standard InChI is InChI=1S/C11H10Cl2N2O3/c1-2-3-4-10(16)14-11-8(12)5-7(15(17)18)6-9(11)13/h3-6H,2H2,1H3,(H,14,16)/b4-3+. The zero-order chi connectivity index (χ0) is 13.7. The van der Waals surface area contributed by atoms with Crippen molar-refractivity contribution >= 4 is 40.5 Å². The topological polar surface area (TPSA) is 72.2 Å². The Morgan fingerprint density at radius 3 is 2.44 bits per heavy atom. The molecule has 0 atom stereocenters. The number of nitro benzene ring substituents is 1. The molecule has 0 saturated carbocycles. The lowest BCUT2D eigenvalue weighted by Gasteiger charge is -2.07. The normalized spacial score (nSPS) is 10.6. The van der Waals surface area contributed by atoms with Crippen molar-refractivity contribution in [2.24, 2.45) is 0 Å². The molecule has 0 aliphatic heterocycles. The van der Waals surface area contributed by atoms with Crippen LogP contribution in [0.4, 0.5) is 11.4 Å². The van der Waals surface area contributed by atoms with Gasteiger partial charge < -0.3 is 5.32 Å². The van der Waals surface area contributed by atoms with Gasteiger partial charge in [0, 0.05) is 12.1 Å². The summed E-state index contributed by atoms with van der Waals surface area (Å²) in [7, 11) is 0. The van der Waals surface area contributed by atoms with E-state index in [2.05, 4.69) is 5.32 Å². The van der Waals surface area contributed by atoms with Crippen LogP contribution in [0.15, 0.2) is 24.3 Å². The number of nitrogens with one attached hydrogen (secondary N) is 1. The molecule has 0 aliphatic rings. The van der Waals surface area contributed by atoms with Gasteiger partial charge in [0.15, 0.2) is 0 Å². The van der Waals surface area contributed by atoms with Crippen molar-refractivity contribution in [2.75, 3.05) is 5.32 Å². The van der Waals surface area contributed by atoms with Crippen molar-refractivity contribution in [1.29, 1.82) is 0 Å². The molecule has 1 amide bonds. The molecular weight excluding hydrogens is 279 g/mol. The fraction of sp³-hybridized carbons (Fsp3) is 0.182. The molecule has 0 aromatic heterocycles. The second-order valence-electron chi connectivity index (χ2n) is 3.34. The Hall–Kier alpha value is -1.59. The monoisotopic (exact) mass is 288 g/mol. The molecule has 0 saturated heterocycles. The predicted molar refractivity (Wildman–Crippen MR) is 71.2 cm³/mol. The van der Waals surface area contributed by atoms with Crippen LogP contribution in [0.25, 0.3) is 0 Å². The van der Waals surface area contributed by atoms with Crippen LogP contribution in [0.2, 0.25) is 10.0 Å². The summed E-state index contributed by atoms with van der Waals surface area (Å²) in [5.41, 5.74) is -0.0678. The van der Waals surface area contributed by atoms with Gasteiger partial charge in [-0.3, -0.25) is 14.9 Å². The van der Waals surface area contributed by atoms with Gasteiger partial charge in [-0.2, -0.15) is 0 Å². The largest absolute Gasteiger partial charge is 0.320 e. The van der Waals surface area contributed by atoms with Crippen molar-refractivity contribution in [2.45, 2.75) is 13.3 Å². The highest BCUT2D eigenvalue weighted by molar-refractivity contribution is 6.40. The number of halogens is 2. The number of anilines is 1. The van der Waals surface area contributed by atoms with E-state index >= 15 is 0 Å². The maximum atomic E-state index is 11.4. The molecule has 0 spiro atoms. The van der Waals surface area contributed by atoms with E-state index in [0.29, 0.717) is 0 Å². The Labute approximate surface area is 114 Å². The summed E-state index contributed by atoms with van der Waals surface area (Å²) in [6, 6.07) is 2.26. The van der Waals surface area contributed by atoms with E-state index in [9.17, 15) is 14.9 Å². The summed E-state index contributed by atoms with van der Waals surface area (Å²) in [6.45, 7) is 1.88. The molecule has 1 aromatic rings. The van der Waals surface area contributed by atoms with Crippen LogP contribution >= 0.6 is 23.2 Å². The lowest BCUT2D eigenvalue weighted by molar-refractivity contribution is -0.384. The van der Waals surface area contributed by atoms with E-state index in [0.717, 1.165) is 18.6 Å². The number of non-ortho nitro benzene ring substituents is 1. The lowest BCUT2D eigenvalue weighted by Crippen LogP contribution is -2.09. The highest BCUT2D eigenvalue weighted by Crippen LogP contribution is 2.34. The van der Waals surface area contributed by atoms with Gasteiger partial charge in [0.2, 0.25) is 5.91 Å². The number of carbonyl (C=O) groups excluding carboxylic acids is 1. The van der Waals surface area contributed by atoms with Gasteiger partial charge in [0.25, 0.3) is 5.69 Å². The maximum absolute atomic E-state index is 11.4. The summed E-state index contributed by atoms with van der Waals surface area (Å²) in [5.74, 6) is -0.394. The Balaban J connectivity index is 3.00. The second-order valence-corrected chi connectivity index (χ2v) is 4.16. The van der Waals surface area contributed by atoms with Crippen LogP contribution in [-0.4, -0.2) is 10.8 Å². The molecule has 0 fully saturated rings. The van der Waals surface area contributed by atoms with Crippen LogP contribution in [0.1, 0.15) is 13.3 Å². The van der Waals surface area contributed by atoms with Crippen molar-refractivity contribution in [3.8, 4) is 0 Å². The molecule has 0 heterocycles. The first-order valence-electron chi connectivity index (χ1n) is 5.06. The smallest absolute Gasteiger partial charge is 0.272 e. The number of benzene rings is 1. The van der Waals surface area contributed by atoms with Crippen LogP contribution in [0.5, 0.6) is 0 Å². The van der Waals surface area contributed by atoms with Gasteiger partial charge >= 0.3 is 0 Å². The van der Waals surface area contributed by atoms with Crippen molar-refractivity contribution in [3.05, 3.63) is 44.4 Å². The number of hydrogen-bond acceptors (Lipinski definition) is 3. The van der Waals surface area contributed by atoms with Crippen LogP contribution in [0.3, 0.4) is 0 Å². The van der Waals surface area contributed by atoms with Crippen LogP contribution < -0.4 is 5.32 Å². The molecule has 7 heteroatoms. The average Bonchev–Trinajstić information content (AvgIpc) is 2.30. The van der Waals surface area contributed by atoms with Crippen LogP contribution in [0, 0.1) is 10.1 Å². The minimum atomic E-state index is -0.611. The van der Waals surface area contributed by atoms with Gasteiger partial charge in [-0.25, -0.2) is 0 Å². The number of allylic oxidation sites excluding steroid dienone is 1. The van der Waals surface area contributed by atoms with E-state index < -0.39 is 10.8 Å². The average molecular weight is 289 g/mol. The van der Waals surface area contributed by atoms with Gasteiger partial charge in [-0.15, -0.1) is 0 Å². The van der Waals surface area contributed by atoms with Crippen molar-refractivity contribution in [3.63, 3.8) is 0 Å². The molecule has 18 heavy (non-hydrogen) atoms. The molecule has 1 rings (SSSR count). The SMILES string of the molecule is CC/C=C/C(=O)Nc1c(Cl)cc([N+](=O)[O-])cc1Cl. The van der Waals surface area contributed by atoms with Crippen LogP contribution in [-0.2, 0) is 4.79 Å². The number of nitro groups is 1. The molecule has 96 valence electrons. The van der Waals surface area contributed by atoms with Gasteiger partial charge in [0.1, 0.15) is 0 Å². The molecule has 0 unspecified atom stereocenters. The third-order valence-electron chi connectivity index (χ3n) is 1.99. The quantitative estimate of drug-likeness (QED) is 0.520. The molecule has 5 nitrogen and oxygen atoms in total. The Bertz CT molecular complexity index is 492. The first-order valence-corrected chi connectivity index (χ1v) is 5.82. The number of amides is 1. The summed E-state index contributed by atoms with van der Waals surface area (Å²) >= 11 is 11.7. The molecule has 0 radical (unpaired) electrons. The molecule has 1 N–H and O–H groups in total. The fourth-order valence-electron chi connectivity index (χ4n) is 1.17. The highest BCUT2D eigenvalue weighted by atomic mass is 35.5. The number of carbonyl (C=O) groups is 1. The summed E-state index contributed by atoms with van der Waals surface area (Å²) < 4.78 is 0. The predicted octanol–water partition coefficient (Wildman–Crippen LogP) is 3.81. The summed E-state index contributed by atoms with van der Waals surface area (Å²) in [5, 5.41) is 13.1.